The van der Waals surface area contributed by atoms with Crippen molar-refractivity contribution in [3.05, 3.63) is 75.8 Å². The molecule has 4 rings (SSSR count). The molecule has 0 aliphatic carbocycles. The Kier molecular flexibility index (Phi) is 6.94. The van der Waals surface area contributed by atoms with Crippen molar-refractivity contribution >= 4 is 29.1 Å². The molecule has 1 atom stereocenters. The van der Waals surface area contributed by atoms with E-state index in [-0.39, 0.29) is 5.57 Å². The molecule has 2 aromatic rings. The summed E-state index contributed by atoms with van der Waals surface area (Å²) in [7, 11) is 0. The Labute approximate surface area is 193 Å². The number of carbonyl (C=O) groups excluding carboxylic acids is 2. The Bertz CT molecular complexity index is 1010. The number of ketones is 1. The number of halogens is 1. The number of morpholine rings is 1. The monoisotopic (exact) mass is 454 g/mol. The molecular formula is C25H27ClN2O4. The van der Waals surface area contributed by atoms with Crippen molar-refractivity contribution in [3.8, 4) is 0 Å². The lowest BCUT2D eigenvalue weighted by molar-refractivity contribution is -0.908. The zero-order valence-corrected chi connectivity index (χ0v) is 18.9. The normalized spacial score (nSPS) is 21.3. The molecule has 2 fully saturated rings. The molecule has 0 spiro atoms. The van der Waals surface area contributed by atoms with Gasteiger partial charge in [0.15, 0.2) is 0 Å². The molecule has 2 heterocycles. The van der Waals surface area contributed by atoms with Crippen molar-refractivity contribution in [2.75, 3.05) is 39.4 Å². The summed E-state index contributed by atoms with van der Waals surface area (Å²) in [5, 5.41) is 13.8. The van der Waals surface area contributed by atoms with Crippen molar-refractivity contribution in [1.82, 2.24) is 4.90 Å². The molecule has 32 heavy (non-hydrogen) atoms. The highest BCUT2D eigenvalue weighted by Gasteiger charge is 2.43. The van der Waals surface area contributed by atoms with Crippen LogP contribution in [0.3, 0.4) is 0 Å². The molecule has 2 saturated heterocycles. The first-order chi connectivity index (χ1) is 15.5. The number of amides is 1. The fraction of sp³-hybridized carbons (Fsp3) is 0.360. The van der Waals surface area contributed by atoms with Crippen molar-refractivity contribution in [1.29, 1.82) is 0 Å². The minimum Gasteiger partial charge on any atom is -0.872 e. The predicted molar refractivity (Wildman–Crippen MR) is 120 cm³/mol. The molecule has 0 bridgehead atoms. The highest BCUT2D eigenvalue weighted by atomic mass is 35.5. The maximum Gasteiger partial charge on any atom is 0.295 e. The largest absolute Gasteiger partial charge is 0.872 e. The molecule has 2 aliphatic heterocycles. The van der Waals surface area contributed by atoms with Gasteiger partial charge in [-0.25, -0.2) is 0 Å². The number of ether oxygens (including phenoxy) is 1. The first-order valence-corrected chi connectivity index (χ1v) is 11.3. The van der Waals surface area contributed by atoms with Crippen molar-refractivity contribution in [2.24, 2.45) is 0 Å². The van der Waals surface area contributed by atoms with E-state index in [1.165, 1.54) is 4.90 Å². The van der Waals surface area contributed by atoms with Gasteiger partial charge >= 0.3 is 0 Å². The lowest BCUT2D eigenvalue weighted by Gasteiger charge is -2.29. The first kappa shape index (κ1) is 22.5. The van der Waals surface area contributed by atoms with Crippen LogP contribution in [0.2, 0.25) is 5.02 Å². The van der Waals surface area contributed by atoms with Gasteiger partial charge in [0.25, 0.3) is 5.91 Å². The molecule has 7 heteroatoms. The van der Waals surface area contributed by atoms with Gasteiger partial charge in [-0.3, -0.25) is 9.59 Å². The van der Waals surface area contributed by atoms with Crippen molar-refractivity contribution in [3.63, 3.8) is 0 Å². The van der Waals surface area contributed by atoms with Crippen LogP contribution >= 0.6 is 11.6 Å². The molecule has 0 radical (unpaired) electrons. The van der Waals surface area contributed by atoms with E-state index in [9.17, 15) is 14.7 Å². The fourth-order valence-electron chi connectivity index (χ4n) is 4.36. The number of hydrogen-bond acceptors (Lipinski definition) is 4. The average molecular weight is 455 g/mol. The number of nitrogens with zero attached hydrogens (tertiary/aromatic N) is 1. The van der Waals surface area contributed by atoms with E-state index >= 15 is 0 Å². The molecule has 0 saturated carbocycles. The minimum absolute atomic E-state index is 0.0138. The molecule has 2 aliphatic rings. The van der Waals surface area contributed by atoms with Gasteiger partial charge in [0.2, 0.25) is 5.78 Å². The zero-order valence-electron chi connectivity index (χ0n) is 18.1. The summed E-state index contributed by atoms with van der Waals surface area (Å²) in [6.45, 7) is 6.67. The lowest BCUT2D eigenvalue weighted by Crippen LogP contribution is -3.14. The summed E-state index contributed by atoms with van der Waals surface area (Å²) < 4.78 is 5.41. The third-order valence-corrected chi connectivity index (χ3v) is 6.41. The molecule has 168 valence electrons. The number of nitrogens with one attached hydrogen (secondary N) is 1. The number of benzene rings is 2. The second-order valence-electron chi connectivity index (χ2n) is 8.36. The maximum absolute atomic E-state index is 13.3. The second-order valence-corrected chi connectivity index (χ2v) is 8.79. The zero-order chi connectivity index (χ0) is 22.7. The highest BCUT2D eigenvalue weighted by Crippen LogP contribution is 2.38. The summed E-state index contributed by atoms with van der Waals surface area (Å²) >= 11 is 5.95. The van der Waals surface area contributed by atoms with Crippen LogP contribution in [0.15, 0.2) is 54.1 Å². The summed E-state index contributed by atoms with van der Waals surface area (Å²) in [6.07, 6.45) is 0.749. The Morgan fingerprint density at radius 1 is 1.09 bits per heavy atom. The van der Waals surface area contributed by atoms with Crippen LogP contribution in [0.25, 0.3) is 5.76 Å². The van der Waals surface area contributed by atoms with Gasteiger partial charge in [-0.2, -0.15) is 0 Å². The Morgan fingerprint density at radius 3 is 2.41 bits per heavy atom. The van der Waals surface area contributed by atoms with Gasteiger partial charge in [-0.15, -0.1) is 0 Å². The summed E-state index contributed by atoms with van der Waals surface area (Å²) in [4.78, 5) is 29.0. The van der Waals surface area contributed by atoms with Crippen LogP contribution < -0.4 is 10.0 Å². The summed E-state index contributed by atoms with van der Waals surface area (Å²) in [6, 6.07) is 13.4. The molecule has 6 nitrogen and oxygen atoms in total. The number of aryl methyl sites for hydroxylation is 1. The van der Waals surface area contributed by atoms with Gasteiger partial charge in [-0.1, -0.05) is 59.3 Å². The van der Waals surface area contributed by atoms with E-state index in [2.05, 4.69) is 0 Å². The number of quaternary nitrogens is 1. The molecule has 2 aromatic carbocycles. The molecule has 0 aromatic heterocycles. The van der Waals surface area contributed by atoms with Gasteiger partial charge < -0.3 is 19.6 Å². The minimum atomic E-state index is -0.714. The van der Waals surface area contributed by atoms with E-state index in [0.717, 1.165) is 50.4 Å². The quantitative estimate of drug-likeness (QED) is 0.404. The Balaban J connectivity index is 1.66. The summed E-state index contributed by atoms with van der Waals surface area (Å²) in [5.74, 6) is -1.74. The number of likely N-dealkylation sites (tertiary alicyclic amines) is 1. The van der Waals surface area contributed by atoms with Crippen LogP contribution in [0, 0.1) is 6.92 Å². The van der Waals surface area contributed by atoms with Crippen LogP contribution in [0.4, 0.5) is 0 Å². The smallest absolute Gasteiger partial charge is 0.295 e. The van der Waals surface area contributed by atoms with Crippen LogP contribution in [-0.2, 0) is 14.3 Å². The average Bonchev–Trinajstić information content (AvgIpc) is 3.05. The van der Waals surface area contributed by atoms with E-state index < -0.39 is 23.5 Å². The number of rotatable bonds is 6. The van der Waals surface area contributed by atoms with E-state index in [1.54, 1.807) is 29.2 Å². The maximum atomic E-state index is 13.3. The second kappa shape index (κ2) is 9.86. The third kappa shape index (κ3) is 4.72. The Hall–Kier alpha value is -2.67. The molecular weight excluding hydrogens is 428 g/mol. The number of Topliss-reactive ketones (excluding diaryl/α,β-unsaturated/α-hetero) is 1. The molecule has 1 N–H and O–H groups in total. The van der Waals surface area contributed by atoms with E-state index in [1.807, 2.05) is 31.2 Å². The predicted octanol–water partition coefficient (Wildman–Crippen LogP) is 1.18. The summed E-state index contributed by atoms with van der Waals surface area (Å²) in [5.41, 5.74) is 2.20. The van der Waals surface area contributed by atoms with E-state index in [0.29, 0.717) is 17.1 Å². The van der Waals surface area contributed by atoms with E-state index in [4.69, 9.17) is 16.3 Å². The van der Waals surface area contributed by atoms with Crippen LogP contribution in [0.1, 0.15) is 29.2 Å². The standard InChI is InChI=1S/C25H27ClN2O4/c1-17-3-5-18(6-4-17)22-21(23(29)19-7-9-20(26)10-8-19)24(30)25(31)28(22)12-2-11-27-13-15-32-16-14-27/h3-10,22,29H,2,11-16H2,1H3. The van der Waals surface area contributed by atoms with Gasteiger partial charge in [0.05, 0.1) is 25.8 Å². The van der Waals surface area contributed by atoms with Gasteiger partial charge in [0.1, 0.15) is 13.1 Å². The van der Waals surface area contributed by atoms with Crippen LogP contribution in [-0.4, -0.2) is 56.0 Å². The number of carbonyl (C=O) groups is 2. The molecule has 1 unspecified atom stereocenters. The Morgan fingerprint density at radius 2 is 1.75 bits per heavy atom. The van der Waals surface area contributed by atoms with Crippen molar-refractivity contribution < 1.29 is 24.3 Å². The number of hydrogen-bond donors (Lipinski definition) is 1. The van der Waals surface area contributed by atoms with Crippen molar-refractivity contribution in [2.45, 2.75) is 19.4 Å². The molecule has 1 amide bonds. The SMILES string of the molecule is Cc1ccc(C2C(=C([O-])c3ccc(Cl)cc3)C(=O)C(=O)N2CCC[NH+]2CCOCC2)cc1. The van der Waals surface area contributed by atoms with Crippen LogP contribution in [0.5, 0.6) is 0 Å². The highest BCUT2D eigenvalue weighted by molar-refractivity contribution is 6.46. The van der Waals surface area contributed by atoms with Gasteiger partial charge in [0, 0.05) is 23.6 Å². The third-order valence-electron chi connectivity index (χ3n) is 6.16. The topological polar surface area (TPSA) is 74.1 Å². The lowest BCUT2D eigenvalue weighted by atomic mass is 9.94. The first-order valence-electron chi connectivity index (χ1n) is 11.0. The fourth-order valence-corrected chi connectivity index (χ4v) is 4.49. The van der Waals surface area contributed by atoms with Gasteiger partial charge in [-0.05, 0) is 30.2 Å².